The maximum atomic E-state index is 12.7. The van der Waals surface area contributed by atoms with Crippen molar-refractivity contribution in [2.75, 3.05) is 31.6 Å². The van der Waals surface area contributed by atoms with E-state index in [1.807, 2.05) is 24.3 Å². The van der Waals surface area contributed by atoms with Crippen molar-refractivity contribution >= 4 is 11.8 Å². The number of carbonyl (C=O) groups excluding carboxylic acids is 1. The molecule has 2 atom stereocenters. The Kier molecular flexibility index (Phi) is 11.4. The number of piperidine rings is 1. The molecule has 1 saturated heterocycles. The number of para-hydroxylation sites is 2. The Balaban J connectivity index is 0.00000320. The fourth-order valence-corrected chi connectivity index (χ4v) is 4.66. The number of hydrogen-bond donors (Lipinski definition) is 2. The lowest BCUT2D eigenvalue weighted by Crippen LogP contribution is -3.13. The Morgan fingerprint density at radius 1 is 1.07 bits per heavy atom. The zero-order valence-corrected chi connectivity index (χ0v) is 19.2. The third-order valence-electron chi connectivity index (χ3n) is 6.34. The predicted octanol–water partition coefficient (Wildman–Crippen LogP) is 1.44. The number of quaternary nitrogens is 1. The van der Waals surface area contributed by atoms with E-state index in [1.54, 1.807) is 4.90 Å². The van der Waals surface area contributed by atoms with Crippen molar-refractivity contribution in [3.05, 3.63) is 24.3 Å². The van der Waals surface area contributed by atoms with Gasteiger partial charge in [-0.05, 0) is 57.1 Å². The Morgan fingerprint density at radius 2 is 1.80 bits per heavy atom. The van der Waals surface area contributed by atoms with Gasteiger partial charge < -0.3 is 26.8 Å². The van der Waals surface area contributed by atoms with Gasteiger partial charge in [0, 0.05) is 5.92 Å². The van der Waals surface area contributed by atoms with Gasteiger partial charge in [-0.15, -0.1) is 0 Å². The summed E-state index contributed by atoms with van der Waals surface area (Å²) in [6, 6.07) is 7.63. The van der Waals surface area contributed by atoms with Crippen molar-refractivity contribution in [1.82, 2.24) is 0 Å². The second-order valence-corrected chi connectivity index (χ2v) is 8.68. The minimum Gasteiger partial charge on any atom is -1.00 e. The Morgan fingerprint density at radius 3 is 2.60 bits per heavy atom. The lowest BCUT2D eigenvalue weighted by molar-refractivity contribution is -0.908. The number of unbranched alkanes of at least 4 members (excludes halogenated alkanes) is 1. The van der Waals surface area contributed by atoms with E-state index in [9.17, 15) is 4.79 Å². The topological polar surface area (TPSA) is 52.0 Å². The van der Waals surface area contributed by atoms with E-state index < -0.39 is 0 Å². The molecular weight excluding hydrogens is 400 g/mol. The minimum atomic E-state index is -0.345. The molecule has 1 aliphatic heterocycles. The third-order valence-corrected chi connectivity index (χ3v) is 6.34. The number of amides is 1. The molecule has 1 aliphatic carbocycles. The molecule has 0 spiro atoms. The van der Waals surface area contributed by atoms with Crippen LogP contribution in [-0.2, 0) is 4.74 Å². The molecule has 5 nitrogen and oxygen atoms in total. The van der Waals surface area contributed by atoms with Gasteiger partial charge >= 0.3 is 6.09 Å². The minimum absolute atomic E-state index is 0. The molecule has 1 heterocycles. The van der Waals surface area contributed by atoms with E-state index in [4.69, 9.17) is 9.47 Å². The second kappa shape index (κ2) is 13.8. The summed E-state index contributed by atoms with van der Waals surface area (Å²) in [7, 11) is 0. The first-order valence-electron chi connectivity index (χ1n) is 11.8. The molecule has 1 aromatic rings. The second-order valence-electron chi connectivity index (χ2n) is 8.68. The molecule has 6 heteroatoms. The fourth-order valence-electron chi connectivity index (χ4n) is 4.66. The van der Waals surface area contributed by atoms with Crippen molar-refractivity contribution in [3.8, 4) is 5.75 Å². The Bertz CT molecular complexity index is 622. The van der Waals surface area contributed by atoms with Crippen LogP contribution in [0.15, 0.2) is 24.3 Å². The van der Waals surface area contributed by atoms with Gasteiger partial charge in [0.15, 0.2) is 0 Å². The number of benzene rings is 1. The molecule has 0 radical (unpaired) electrons. The number of nitrogens with one attached hydrogen (secondary N) is 2. The number of ether oxygens (including phenoxy) is 2. The maximum Gasteiger partial charge on any atom is 0.412 e. The summed E-state index contributed by atoms with van der Waals surface area (Å²) < 4.78 is 11.8. The van der Waals surface area contributed by atoms with Gasteiger partial charge in [0.2, 0.25) is 0 Å². The molecule has 0 aromatic heterocycles. The zero-order chi connectivity index (χ0) is 20.3. The first kappa shape index (κ1) is 24.8. The predicted molar refractivity (Wildman–Crippen MR) is 117 cm³/mol. The quantitative estimate of drug-likeness (QED) is 0.477. The lowest BCUT2D eigenvalue weighted by atomic mass is 9.95. The Labute approximate surface area is 188 Å². The van der Waals surface area contributed by atoms with Crippen LogP contribution in [0, 0.1) is 5.92 Å². The van der Waals surface area contributed by atoms with Crippen LogP contribution >= 0.6 is 0 Å². The van der Waals surface area contributed by atoms with E-state index in [1.165, 1.54) is 51.6 Å². The van der Waals surface area contributed by atoms with E-state index in [0.717, 1.165) is 32.2 Å². The molecule has 2 fully saturated rings. The molecular formula is C24H39ClN2O3. The van der Waals surface area contributed by atoms with Crippen LogP contribution in [0.2, 0.25) is 0 Å². The highest BCUT2D eigenvalue weighted by Gasteiger charge is 2.31. The number of carbonyl (C=O) groups is 1. The first-order chi connectivity index (χ1) is 14.3. The molecule has 0 bridgehead atoms. The highest BCUT2D eigenvalue weighted by atomic mass is 35.5. The van der Waals surface area contributed by atoms with Gasteiger partial charge in [0.25, 0.3) is 0 Å². The first-order valence-corrected chi connectivity index (χ1v) is 11.8. The molecule has 0 unspecified atom stereocenters. The van der Waals surface area contributed by atoms with Gasteiger partial charge in [0.1, 0.15) is 11.9 Å². The van der Waals surface area contributed by atoms with Gasteiger partial charge in [-0.25, -0.2) is 4.79 Å². The summed E-state index contributed by atoms with van der Waals surface area (Å²) >= 11 is 0. The molecule has 1 aromatic carbocycles. The highest BCUT2D eigenvalue weighted by Crippen LogP contribution is 2.27. The zero-order valence-electron chi connectivity index (χ0n) is 18.5. The number of likely N-dealkylation sites (tertiary alicyclic amines) is 1. The number of hydrogen-bond acceptors (Lipinski definition) is 3. The van der Waals surface area contributed by atoms with Gasteiger partial charge in [-0.2, -0.15) is 0 Å². The highest BCUT2D eigenvalue weighted by molar-refractivity contribution is 5.86. The number of rotatable bonds is 8. The van der Waals surface area contributed by atoms with Crippen molar-refractivity contribution in [1.29, 1.82) is 0 Å². The third kappa shape index (κ3) is 7.99. The van der Waals surface area contributed by atoms with E-state index in [0.29, 0.717) is 24.0 Å². The van der Waals surface area contributed by atoms with Crippen LogP contribution < -0.4 is 27.4 Å². The van der Waals surface area contributed by atoms with Crippen LogP contribution in [-0.4, -0.2) is 38.4 Å². The summed E-state index contributed by atoms with van der Waals surface area (Å²) in [4.78, 5) is 14.4. The number of halogens is 1. The van der Waals surface area contributed by atoms with Gasteiger partial charge in [-0.3, -0.25) is 5.32 Å². The summed E-state index contributed by atoms with van der Waals surface area (Å²) in [5, 5.41) is 2.94. The standard InChI is InChI=1S/C24H38N2O3.ClH/c1-2-3-18-28-23-15-9-8-13-21(23)25-24(27)29-22-14-7-4-6-12-20(22)19-26-16-10-5-11-17-26;/h8-9,13,15,20,22H,2-7,10-12,14,16-19H2,1H3,(H,25,27);1H/t20-,22-;/m1./s1. The van der Waals surface area contributed by atoms with Gasteiger partial charge in [0.05, 0.1) is 31.9 Å². The summed E-state index contributed by atoms with van der Waals surface area (Å²) in [6.07, 6.45) is 11.6. The molecule has 2 aliphatic rings. The fraction of sp³-hybridized carbons (Fsp3) is 0.708. The molecule has 1 amide bonds. The average molecular weight is 439 g/mol. The van der Waals surface area contributed by atoms with Crippen LogP contribution in [0.1, 0.15) is 71.1 Å². The normalized spacial score (nSPS) is 22.4. The molecule has 2 N–H and O–H groups in total. The van der Waals surface area contributed by atoms with Crippen molar-refractivity contribution in [2.24, 2.45) is 5.92 Å². The van der Waals surface area contributed by atoms with Gasteiger partial charge in [-0.1, -0.05) is 38.3 Å². The largest absolute Gasteiger partial charge is 1.00 e. The smallest absolute Gasteiger partial charge is 0.412 e. The van der Waals surface area contributed by atoms with E-state index >= 15 is 0 Å². The van der Waals surface area contributed by atoms with Crippen LogP contribution in [0.5, 0.6) is 5.75 Å². The summed E-state index contributed by atoms with van der Waals surface area (Å²) in [5.74, 6) is 1.19. The van der Waals surface area contributed by atoms with E-state index in [-0.39, 0.29) is 24.6 Å². The van der Waals surface area contributed by atoms with Crippen molar-refractivity contribution in [2.45, 2.75) is 77.2 Å². The SMILES string of the molecule is CCCCOc1ccccc1NC(=O)O[C@@H]1CCCCC[C@@H]1C[NH+]1CCCCC1.[Cl-]. The average Bonchev–Trinajstić information content (AvgIpc) is 2.95. The number of anilines is 1. The molecule has 30 heavy (non-hydrogen) atoms. The van der Waals surface area contributed by atoms with Crippen molar-refractivity contribution < 1.29 is 31.6 Å². The Hall–Kier alpha value is -1.46. The monoisotopic (exact) mass is 438 g/mol. The van der Waals surface area contributed by atoms with Crippen LogP contribution in [0.3, 0.4) is 0 Å². The molecule has 1 saturated carbocycles. The molecule has 170 valence electrons. The molecule has 3 rings (SSSR count). The maximum absolute atomic E-state index is 12.7. The van der Waals surface area contributed by atoms with E-state index in [2.05, 4.69) is 12.2 Å². The summed E-state index contributed by atoms with van der Waals surface area (Å²) in [5.41, 5.74) is 0.695. The van der Waals surface area contributed by atoms with Crippen LogP contribution in [0.25, 0.3) is 0 Å². The van der Waals surface area contributed by atoms with Crippen molar-refractivity contribution in [3.63, 3.8) is 0 Å². The summed E-state index contributed by atoms with van der Waals surface area (Å²) in [6.45, 7) is 6.50. The lowest BCUT2D eigenvalue weighted by Gasteiger charge is -2.31. The van der Waals surface area contributed by atoms with Crippen LogP contribution in [0.4, 0.5) is 10.5 Å².